The lowest BCUT2D eigenvalue weighted by Gasteiger charge is -2.15. The van der Waals surface area contributed by atoms with Gasteiger partial charge in [0.05, 0.1) is 17.3 Å². The number of aliphatic hydroxyl groups excluding tert-OH is 2. The summed E-state index contributed by atoms with van der Waals surface area (Å²) in [4.78, 5) is 4.27. The van der Waals surface area contributed by atoms with E-state index in [0.29, 0.717) is 10.6 Å². The molecule has 2 rings (SSSR count). The van der Waals surface area contributed by atoms with Crippen LogP contribution in [0.3, 0.4) is 0 Å². The molecule has 0 fully saturated rings. The fourth-order valence-electron chi connectivity index (χ4n) is 1.81. The summed E-state index contributed by atoms with van der Waals surface area (Å²) in [5.41, 5.74) is 2.43. The summed E-state index contributed by atoms with van der Waals surface area (Å²) >= 11 is 6.15. The maximum atomic E-state index is 9.48. The summed E-state index contributed by atoms with van der Waals surface area (Å²) in [5, 5.41) is 22.1. The number of hydrogen-bond acceptors (Lipinski definition) is 4. The second kappa shape index (κ2) is 5.60. The van der Waals surface area contributed by atoms with Gasteiger partial charge < -0.3 is 15.5 Å². The number of nitrogens with one attached hydrogen (secondary N) is 1. The first-order valence-electron chi connectivity index (χ1n) is 5.57. The third-order valence-corrected chi connectivity index (χ3v) is 3.08. The van der Waals surface area contributed by atoms with Crippen molar-refractivity contribution in [2.75, 3.05) is 19.7 Å². The van der Waals surface area contributed by atoms with Crippen LogP contribution in [0.15, 0.2) is 18.3 Å². The van der Waals surface area contributed by atoms with Gasteiger partial charge in [-0.1, -0.05) is 17.7 Å². The van der Waals surface area contributed by atoms with Crippen LogP contribution in [0.2, 0.25) is 5.02 Å². The normalized spacial score (nSPS) is 17.7. The van der Waals surface area contributed by atoms with E-state index in [4.69, 9.17) is 16.7 Å². The largest absolute Gasteiger partial charge is 0.393 e. The third kappa shape index (κ3) is 2.84. The van der Waals surface area contributed by atoms with E-state index < -0.39 is 6.10 Å². The van der Waals surface area contributed by atoms with E-state index >= 15 is 0 Å². The highest BCUT2D eigenvalue weighted by atomic mass is 35.5. The SMILES string of the molecule is OC[C@@H](O)c1cnc(C2=CCNCC2)c(Cl)c1. The molecule has 4 nitrogen and oxygen atoms in total. The first-order valence-corrected chi connectivity index (χ1v) is 5.94. The molecule has 0 aromatic carbocycles. The summed E-state index contributed by atoms with van der Waals surface area (Å²) in [6.45, 7) is 1.42. The van der Waals surface area contributed by atoms with Gasteiger partial charge in [0.1, 0.15) is 6.10 Å². The molecule has 0 saturated heterocycles. The van der Waals surface area contributed by atoms with Crippen molar-refractivity contribution in [3.05, 3.63) is 34.6 Å². The molecule has 2 heterocycles. The first-order chi connectivity index (χ1) is 8.22. The standard InChI is InChI=1S/C12H15ClN2O2/c13-10-5-9(11(17)7-16)6-15-12(10)8-1-3-14-4-2-8/h1,5-6,11,14,16-17H,2-4,7H2/t11-/m1/s1. The Morgan fingerprint density at radius 2 is 2.35 bits per heavy atom. The monoisotopic (exact) mass is 254 g/mol. The average Bonchev–Trinajstić information content (AvgIpc) is 2.38. The van der Waals surface area contributed by atoms with Crippen LogP contribution >= 0.6 is 11.6 Å². The van der Waals surface area contributed by atoms with Crippen LogP contribution < -0.4 is 5.32 Å². The van der Waals surface area contributed by atoms with Gasteiger partial charge in [-0.2, -0.15) is 0 Å². The van der Waals surface area contributed by atoms with Gasteiger partial charge >= 0.3 is 0 Å². The van der Waals surface area contributed by atoms with Crippen LogP contribution in [-0.2, 0) is 0 Å². The van der Waals surface area contributed by atoms with E-state index in [-0.39, 0.29) is 6.61 Å². The van der Waals surface area contributed by atoms with Crippen molar-refractivity contribution in [3.8, 4) is 0 Å². The topological polar surface area (TPSA) is 65.4 Å². The van der Waals surface area contributed by atoms with Gasteiger partial charge in [0.15, 0.2) is 0 Å². The molecule has 92 valence electrons. The number of pyridine rings is 1. The Hall–Kier alpha value is -0.940. The van der Waals surface area contributed by atoms with Crippen molar-refractivity contribution in [3.63, 3.8) is 0 Å². The highest BCUT2D eigenvalue weighted by Crippen LogP contribution is 2.27. The second-order valence-corrected chi connectivity index (χ2v) is 4.39. The van der Waals surface area contributed by atoms with Crippen molar-refractivity contribution in [1.82, 2.24) is 10.3 Å². The van der Waals surface area contributed by atoms with E-state index in [2.05, 4.69) is 16.4 Å². The van der Waals surface area contributed by atoms with Crippen LogP contribution in [-0.4, -0.2) is 34.9 Å². The highest BCUT2D eigenvalue weighted by Gasteiger charge is 2.14. The van der Waals surface area contributed by atoms with Gasteiger partial charge in [-0.05, 0) is 24.6 Å². The Bertz CT molecular complexity index is 435. The zero-order chi connectivity index (χ0) is 12.3. The Morgan fingerprint density at radius 3 is 2.94 bits per heavy atom. The molecular weight excluding hydrogens is 240 g/mol. The van der Waals surface area contributed by atoms with Crippen molar-refractivity contribution in [1.29, 1.82) is 0 Å². The zero-order valence-electron chi connectivity index (χ0n) is 9.36. The predicted octanol–water partition coefficient (Wildman–Crippen LogP) is 1.14. The van der Waals surface area contributed by atoms with Gasteiger partial charge in [0, 0.05) is 18.3 Å². The van der Waals surface area contributed by atoms with E-state index in [1.807, 2.05) is 0 Å². The zero-order valence-corrected chi connectivity index (χ0v) is 10.1. The molecule has 3 N–H and O–H groups in total. The maximum Gasteiger partial charge on any atom is 0.104 e. The Morgan fingerprint density at radius 1 is 1.53 bits per heavy atom. The number of aromatic nitrogens is 1. The van der Waals surface area contributed by atoms with Gasteiger partial charge in [-0.15, -0.1) is 0 Å². The number of nitrogens with zero attached hydrogens (tertiary/aromatic N) is 1. The van der Waals surface area contributed by atoms with Crippen molar-refractivity contribution in [2.45, 2.75) is 12.5 Å². The molecule has 0 spiro atoms. The Balaban J connectivity index is 2.28. The summed E-state index contributed by atoms with van der Waals surface area (Å²) in [5.74, 6) is 0. The summed E-state index contributed by atoms with van der Waals surface area (Å²) < 4.78 is 0. The second-order valence-electron chi connectivity index (χ2n) is 3.98. The first kappa shape index (κ1) is 12.5. The van der Waals surface area contributed by atoms with Gasteiger partial charge in [0.25, 0.3) is 0 Å². The quantitative estimate of drug-likeness (QED) is 0.757. The molecule has 1 aliphatic heterocycles. The van der Waals surface area contributed by atoms with E-state index in [0.717, 1.165) is 30.8 Å². The lowest BCUT2D eigenvalue weighted by Crippen LogP contribution is -2.20. The maximum absolute atomic E-state index is 9.48. The molecule has 17 heavy (non-hydrogen) atoms. The smallest absolute Gasteiger partial charge is 0.104 e. The van der Waals surface area contributed by atoms with Crippen molar-refractivity contribution < 1.29 is 10.2 Å². The van der Waals surface area contributed by atoms with Crippen molar-refractivity contribution in [2.24, 2.45) is 0 Å². The minimum Gasteiger partial charge on any atom is -0.393 e. The molecular formula is C12H15ClN2O2. The minimum atomic E-state index is -0.920. The lowest BCUT2D eigenvalue weighted by atomic mass is 10.0. The molecule has 0 unspecified atom stereocenters. The molecule has 1 aromatic heterocycles. The molecule has 0 saturated carbocycles. The Labute approximate surface area is 105 Å². The summed E-state index contributed by atoms with van der Waals surface area (Å²) in [6.07, 6.45) is 3.61. The number of hydrogen-bond donors (Lipinski definition) is 3. The van der Waals surface area contributed by atoms with E-state index in [1.165, 1.54) is 0 Å². The van der Waals surface area contributed by atoms with E-state index in [1.54, 1.807) is 12.3 Å². The molecule has 1 aromatic rings. The Kier molecular flexibility index (Phi) is 4.12. The molecule has 0 amide bonds. The lowest BCUT2D eigenvalue weighted by molar-refractivity contribution is 0.0953. The van der Waals surface area contributed by atoms with Crippen LogP contribution in [0.1, 0.15) is 23.8 Å². The van der Waals surface area contributed by atoms with Crippen molar-refractivity contribution >= 4 is 17.2 Å². The molecule has 0 bridgehead atoms. The fourth-order valence-corrected chi connectivity index (χ4v) is 2.11. The van der Waals surface area contributed by atoms with Gasteiger partial charge in [0.2, 0.25) is 0 Å². The number of halogens is 1. The molecule has 0 aliphatic carbocycles. The predicted molar refractivity (Wildman–Crippen MR) is 66.8 cm³/mol. The molecule has 1 aliphatic rings. The van der Waals surface area contributed by atoms with Crippen LogP contribution in [0.25, 0.3) is 5.57 Å². The van der Waals surface area contributed by atoms with Crippen LogP contribution in [0.5, 0.6) is 0 Å². The van der Waals surface area contributed by atoms with Crippen LogP contribution in [0.4, 0.5) is 0 Å². The highest BCUT2D eigenvalue weighted by molar-refractivity contribution is 6.32. The van der Waals surface area contributed by atoms with Crippen LogP contribution in [0, 0.1) is 0 Å². The third-order valence-electron chi connectivity index (χ3n) is 2.79. The molecule has 1 atom stereocenters. The molecule has 0 radical (unpaired) electrons. The minimum absolute atomic E-state index is 0.329. The number of aliphatic hydroxyl groups is 2. The summed E-state index contributed by atoms with van der Waals surface area (Å²) in [7, 11) is 0. The van der Waals surface area contributed by atoms with E-state index in [9.17, 15) is 5.11 Å². The average molecular weight is 255 g/mol. The number of rotatable bonds is 3. The van der Waals surface area contributed by atoms with Gasteiger partial charge in [-0.3, -0.25) is 4.98 Å². The summed E-state index contributed by atoms with van der Waals surface area (Å²) in [6, 6.07) is 1.66. The van der Waals surface area contributed by atoms with Gasteiger partial charge in [-0.25, -0.2) is 0 Å². The molecule has 5 heteroatoms. The fraction of sp³-hybridized carbons (Fsp3) is 0.417.